The fourth-order valence-corrected chi connectivity index (χ4v) is 1.46. The molecule has 0 aliphatic rings. The van der Waals surface area contributed by atoms with Crippen LogP contribution < -0.4 is 0 Å². The van der Waals surface area contributed by atoms with Gasteiger partial charge in [0.25, 0.3) is 0 Å². The Kier molecular flexibility index (Phi) is 4.69. The number of carbonyl (C=O) groups is 1. The number of ether oxygens (including phenoxy) is 2. The SMILES string of the molecule is CCCOC(=O)c1cnn(C(C)(C)COC)c1. The van der Waals surface area contributed by atoms with Crippen LogP contribution in [0.15, 0.2) is 12.4 Å². The van der Waals surface area contributed by atoms with Crippen LogP contribution >= 0.6 is 0 Å². The van der Waals surface area contributed by atoms with Crippen molar-refractivity contribution in [2.45, 2.75) is 32.7 Å². The van der Waals surface area contributed by atoms with Crippen LogP contribution in [0.2, 0.25) is 0 Å². The second-order valence-corrected chi connectivity index (χ2v) is 4.55. The molecular weight excluding hydrogens is 220 g/mol. The van der Waals surface area contributed by atoms with Crippen LogP contribution in [-0.4, -0.2) is 36.1 Å². The van der Waals surface area contributed by atoms with Crippen LogP contribution in [0.25, 0.3) is 0 Å². The molecule has 1 heterocycles. The number of rotatable bonds is 6. The van der Waals surface area contributed by atoms with E-state index in [2.05, 4.69) is 5.10 Å². The maximum absolute atomic E-state index is 11.6. The Balaban J connectivity index is 2.74. The summed E-state index contributed by atoms with van der Waals surface area (Å²) in [5.41, 5.74) is 0.195. The fourth-order valence-electron chi connectivity index (χ4n) is 1.46. The van der Waals surface area contributed by atoms with E-state index in [0.717, 1.165) is 6.42 Å². The molecule has 0 saturated carbocycles. The Morgan fingerprint density at radius 2 is 2.24 bits per heavy atom. The lowest BCUT2D eigenvalue weighted by Crippen LogP contribution is -2.31. The molecule has 5 heteroatoms. The summed E-state index contributed by atoms with van der Waals surface area (Å²) in [5.74, 6) is -0.327. The van der Waals surface area contributed by atoms with Gasteiger partial charge in [0.05, 0.1) is 30.5 Å². The van der Waals surface area contributed by atoms with E-state index in [9.17, 15) is 4.79 Å². The van der Waals surface area contributed by atoms with Gasteiger partial charge in [0.15, 0.2) is 0 Å². The van der Waals surface area contributed by atoms with Crippen molar-refractivity contribution in [2.75, 3.05) is 20.3 Å². The van der Waals surface area contributed by atoms with Gasteiger partial charge in [0, 0.05) is 13.3 Å². The molecule has 0 N–H and O–H groups in total. The predicted molar refractivity (Wildman–Crippen MR) is 64.0 cm³/mol. The zero-order valence-electron chi connectivity index (χ0n) is 10.9. The number of hydrogen-bond donors (Lipinski definition) is 0. The van der Waals surface area contributed by atoms with Gasteiger partial charge in [0.1, 0.15) is 0 Å². The summed E-state index contributed by atoms with van der Waals surface area (Å²) in [6.07, 6.45) is 4.03. The third kappa shape index (κ3) is 3.56. The van der Waals surface area contributed by atoms with E-state index in [1.165, 1.54) is 6.20 Å². The van der Waals surface area contributed by atoms with Gasteiger partial charge in [-0.15, -0.1) is 0 Å². The highest BCUT2D eigenvalue weighted by Crippen LogP contribution is 2.15. The van der Waals surface area contributed by atoms with Crippen molar-refractivity contribution in [3.63, 3.8) is 0 Å². The highest BCUT2D eigenvalue weighted by Gasteiger charge is 2.22. The minimum absolute atomic E-state index is 0.280. The molecule has 0 radical (unpaired) electrons. The second kappa shape index (κ2) is 5.82. The number of esters is 1. The van der Waals surface area contributed by atoms with Crippen LogP contribution in [0, 0.1) is 0 Å². The molecule has 0 atom stereocenters. The third-order valence-corrected chi connectivity index (χ3v) is 2.37. The predicted octanol–water partition coefficient (Wildman–Crippen LogP) is 1.83. The minimum atomic E-state index is -0.327. The van der Waals surface area contributed by atoms with E-state index in [4.69, 9.17) is 9.47 Å². The average molecular weight is 240 g/mol. The summed E-state index contributed by atoms with van der Waals surface area (Å²) >= 11 is 0. The normalized spacial score (nSPS) is 11.5. The van der Waals surface area contributed by atoms with Gasteiger partial charge in [-0.3, -0.25) is 4.68 Å². The first-order chi connectivity index (χ1) is 8.01. The highest BCUT2D eigenvalue weighted by molar-refractivity contribution is 5.88. The monoisotopic (exact) mass is 240 g/mol. The Morgan fingerprint density at radius 3 is 2.82 bits per heavy atom. The van der Waals surface area contributed by atoms with Crippen molar-refractivity contribution < 1.29 is 14.3 Å². The number of methoxy groups -OCH3 is 1. The molecule has 0 aromatic carbocycles. The topological polar surface area (TPSA) is 53.3 Å². The Hall–Kier alpha value is -1.36. The third-order valence-electron chi connectivity index (χ3n) is 2.37. The summed E-state index contributed by atoms with van der Waals surface area (Å²) in [6.45, 7) is 6.90. The van der Waals surface area contributed by atoms with E-state index in [1.807, 2.05) is 20.8 Å². The lowest BCUT2D eigenvalue weighted by Gasteiger charge is -2.24. The fraction of sp³-hybridized carbons (Fsp3) is 0.667. The zero-order chi connectivity index (χ0) is 12.9. The molecule has 1 aromatic heterocycles. The van der Waals surface area contributed by atoms with Gasteiger partial charge in [-0.1, -0.05) is 6.92 Å². The number of nitrogens with zero attached hydrogens (tertiary/aromatic N) is 2. The standard InChI is InChI=1S/C12H20N2O3/c1-5-6-17-11(15)10-7-13-14(8-10)12(2,3)9-16-4/h7-8H,5-6,9H2,1-4H3. The van der Waals surface area contributed by atoms with Gasteiger partial charge >= 0.3 is 5.97 Å². The van der Waals surface area contributed by atoms with Crippen LogP contribution in [0.4, 0.5) is 0 Å². The van der Waals surface area contributed by atoms with Gasteiger partial charge in [-0.05, 0) is 20.3 Å². The smallest absolute Gasteiger partial charge is 0.341 e. The molecule has 0 saturated heterocycles. The number of hydrogen-bond acceptors (Lipinski definition) is 4. The molecule has 0 bridgehead atoms. The van der Waals surface area contributed by atoms with E-state index in [0.29, 0.717) is 18.8 Å². The molecule has 0 aliphatic carbocycles. The molecule has 5 nitrogen and oxygen atoms in total. The molecule has 96 valence electrons. The summed E-state index contributed by atoms with van der Waals surface area (Å²) in [5, 5.41) is 4.17. The largest absolute Gasteiger partial charge is 0.462 e. The van der Waals surface area contributed by atoms with Crippen molar-refractivity contribution in [1.29, 1.82) is 0 Å². The van der Waals surface area contributed by atoms with E-state index < -0.39 is 0 Å². The van der Waals surface area contributed by atoms with Crippen molar-refractivity contribution in [2.24, 2.45) is 0 Å². The summed E-state index contributed by atoms with van der Waals surface area (Å²) in [6, 6.07) is 0. The maximum atomic E-state index is 11.6. The maximum Gasteiger partial charge on any atom is 0.341 e. The van der Waals surface area contributed by atoms with Crippen molar-refractivity contribution >= 4 is 5.97 Å². The molecule has 0 fully saturated rings. The lowest BCUT2D eigenvalue weighted by atomic mass is 10.1. The molecule has 17 heavy (non-hydrogen) atoms. The molecule has 0 amide bonds. The summed E-state index contributed by atoms with van der Waals surface area (Å²) in [4.78, 5) is 11.6. The van der Waals surface area contributed by atoms with Crippen LogP contribution in [0.3, 0.4) is 0 Å². The van der Waals surface area contributed by atoms with Gasteiger partial charge in [-0.2, -0.15) is 5.10 Å². The quantitative estimate of drug-likeness (QED) is 0.712. The number of aromatic nitrogens is 2. The average Bonchev–Trinajstić information content (AvgIpc) is 2.75. The lowest BCUT2D eigenvalue weighted by molar-refractivity contribution is 0.0504. The molecule has 1 rings (SSSR count). The van der Waals surface area contributed by atoms with Crippen molar-refractivity contribution in [3.8, 4) is 0 Å². The molecule has 1 aromatic rings. The van der Waals surface area contributed by atoms with Crippen LogP contribution in [-0.2, 0) is 15.0 Å². The molecular formula is C12H20N2O3. The number of carbonyl (C=O) groups excluding carboxylic acids is 1. The van der Waals surface area contributed by atoms with Crippen molar-refractivity contribution in [1.82, 2.24) is 9.78 Å². The van der Waals surface area contributed by atoms with E-state index in [-0.39, 0.29) is 11.5 Å². The van der Waals surface area contributed by atoms with Gasteiger partial charge in [0.2, 0.25) is 0 Å². The molecule has 0 spiro atoms. The Morgan fingerprint density at radius 1 is 1.53 bits per heavy atom. The van der Waals surface area contributed by atoms with Gasteiger partial charge < -0.3 is 9.47 Å². The Labute approximate surface area is 102 Å². The Bertz CT molecular complexity index is 372. The zero-order valence-corrected chi connectivity index (χ0v) is 10.9. The van der Waals surface area contributed by atoms with Crippen LogP contribution in [0.5, 0.6) is 0 Å². The van der Waals surface area contributed by atoms with Gasteiger partial charge in [-0.25, -0.2) is 4.79 Å². The first-order valence-electron chi connectivity index (χ1n) is 5.72. The molecule has 0 unspecified atom stereocenters. The van der Waals surface area contributed by atoms with E-state index >= 15 is 0 Å². The minimum Gasteiger partial charge on any atom is -0.462 e. The van der Waals surface area contributed by atoms with E-state index in [1.54, 1.807) is 18.0 Å². The highest BCUT2D eigenvalue weighted by atomic mass is 16.5. The first-order valence-corrected chi connectivity index (χ1v) is 5.72. The molecule has 0 aliphatic heterocycles. The summed E-state index contributed by atoms with van der Waals surface area (Å²) < 4.78 is 11.9. The van der Waals surface area contributed by atoms with Crippen LogP contribution in [0.1, 0.15) is 37.6 Å². The van der Waals surface area contributed by atoms with Crippen molar-refractivity contribution in [3.05, 3.63) is 18.0 Å². The second-order valence-electron chi connectivity index (χ2n) is 4.55. The first kappa shape index (κ1) is 13.7. The summed E-state index contributed by atoms with van der Waals surface area (Å²) in [7, 11) is 1.64.